The second kappa shape index (κ2) is 5.07. The van der Waals surface area contributed by atoms with E-state index >= 15 is 0 Å². The maximum Gasteiger partial charge on any atom is 0.162 e. The van der Waals surface area contributed by atoms with E-state index in [2.05, 4.69) is 15.9 Å². The lowest BCUT2D eigenvalue weighted by Gasteiger charge is -2.11. The molecule has 3 nitrogen and oxygen atoms in total. The van der Waals surface area contributed by atoms with Crippen LogP contribution in [0.5, 0.6) is 0 Å². The van der Waals surface area contributed by atoms with E-state index in [9.17, 15) is 0 Å². The molecular weight excluding hydrogens is 260 g/mol. The zero-order valence-electron chi connectivity index (χ0n) is 8.23. The molecule has 0 saturated carbocycles. The molecule has 1 saturated heterocycles. The Hall–Kier alpha value is -0.420. The van der Waals surface area contributed by atoms with Gasteiger partial charge in [0.15, 0.2) is 6.29 Å². The zero-order chi connectivity index (χ0) is 10.7. The minimum Gasteiger partial charge on any atom is -0.394 e. The summed E-state index contributed by atoms with van der Waals surface area (Å²) in [5.41, 5.74) is 1.15. The molecule has 1 fully saturated rings. The van der Waals surface area contributed by atoms with Gasteiger partial charge in [-0.25, -0.2) is 0 Å². The Morgan fingerprint density at radius 1 is 1.40 bits per heavy atom. The molecule has 2 unspecified atom stereocenters. The maximum absolute atomic E-state index is 8.89. The molecule has 0 amide bonds. The van der Waals surface area contributed by atoms with Crippen molar-refractivity contribution in [3.8, 4) is 0 Å². The Bertz CT molecular complexity index is 329. The van der Waals surface area contributed by atoms with E-state index in [1.165, 1.54) is 0 Å². The van der Waals surface area contributed by atoms with Gasteiger partial charge in [0, 0.05) is 10.9 Å². The van der Waals surface area contributed by atoms with E-state index < -0.39 is 0 Å². The predicted octanol–water partition coefficient (Wildman–Crippen LogP) is 1.73. The minimum atomic E-state index is -0.235. The van der Waals surface area contributed by atoms with Gasteiger partial charge in [-0.1, -0.05) is 34.1 Å². The summed E-state index contributed by atoms with van der Waals surface area (Å²) >= 11 is 3.48. The molecule has 1 aromatic carbocycles. The van der Waals surface area contributed by atoms with Gasteiger partial charge in [-0.2, -0.15) is 0 Å². The summed E-state index contributed by atoms with van der Waals surface area (Å²) in [5, 5.41) is 8.89. The summed E-state index contributed by atoms with van der Waals surface area (Å²) in [6, 6.07) is 7.98. The van der Waals surface area contributed by atoms with Gasteiger partial charge >= 0.3 is 0 Å². The number of aliphatic hydroxyl groups excluding tert-OH is 1. The van der Waals surface area contributed by atoms with Crippen molar-refractivity contribution in [3.63, 3.8) is 0 Å². The lowest BCUT2D eigenvalue weighted by atomic mass is 10.1. The number of halogens is 1. The lowest BCUT2D eigenvalue weighted by Crippen LogP contribution is -2.17. The zero-order valence-corrected chi connectivity index (χ0v) is 9.81. The molecule has 15 heavy (non-hydrogen) atoms. The second-order valence-electron chi connectivity index (χ2n) is 3.50. The van der Waals surface area contributed by atoms with Gasteiger partial charge in [0.2, 0.25) is 0 Å². The number of benzene rings is 1. The van der Waals surface area contributed by atoms with Gasteiger partial charge < -0.3 is 14.6 Å². The number of ether oxygens (including phenoxy) is 2. The molecule has 1 N–H and O–H groups in total. The molecule has 2 atom stereocenters. The molecule has 0 aromatic heterocycles. The van der Waals surface area contributed by atoms with Crippen molar-refractivity contribution in [1.29, 1.82) is 0 Å². The van der Waals surface area contributed by atoms with Crippen LogP contribution in [0.2, 0.25) is 0 Å². The van der Waals surface area contributed by atoms with Crippen LogP contribution in [0.25, 0.3) is 0 Å². The number of hydrogen-bond donors (Lipinski definition) is 1. The second-order valence-corrected chi connectivity index (χ2v) is 4.35. The Morgan fingerprint density at radius 3 is 2.87 bits per heavy atom. The average Bonchev–Trinajstić information content (AvgIpc) is 2.69. The highest BCUT2D eigenvalue weighted by Gasteiger charge is 2.25. The number of rotatable bonds is 3. The van der Waals surface area contributed by atoms with Crippen molar-refractivity contribution in [2.45, 2.75) is 18.8 Å². The van der Waals surface area contributed by atoms with Crippen LogP contribution in [0.4, 0.5) is 0 Å². The molecule has 1 aromatic rings. The molecule has 0 aliphatic carbocycles. The van der Waals surface area contributed by atoms with E-state index in [1.54, 1.807) is 0 Å². The van der Waals surface area contributed by atoms with E-state index in [-0.39, 0.29) is 19.0 Å². The average molecular weight is 273 g/mol. The van der Waals surface area contributed by atoms with Gasteiger partial charge in [0.25, 0.3) is 0 Å². The van der Waals surface area contributed by atoms with E-state index in [4.69, 9.17) is 14.6 Å². The van der Waals surface area contributed by atoms with Gasteiger partial charge in [-0.3, -0.25) is 0 Å². The summed E-state index contributed by atoms with van der Waals surface area (Å²) in [5.74, 6) is 0. The third-order valence-corrected chi connectivity index (χ3v) is 3.13. The fraction of sp³-hybridized carbons (Fsp3) is 0.455. The first-order chi connectivity index (χ1) is 7.29. The monoisotopic (exact) mass is 272 g/mol. The van der Waals surface area contributed by atoms with Crippen molar-refractivity contribution in [3.05, 3.63) is 34.3 Å². The predicted molar refractivity (Wildman–Crippen MR) is 59.5 cm³/mol. The standard InChI is InChI=1S/C11H13BrO3/c12-10-4-2-1-3-8(10)5-11-14-7-9(6-13)15-11/h1-4,9,11,13H,5-7H2. The summed E-state index contributed by atoms with van der Waals surface area (Å²) in [6.45, 7) is 0.498. The van der Waals surface area contributed by atoms with Crippen molar-refractivity contribution in [2.24, 2.45) is 0 Å². The van der Waals surface area contributed by atoms with Gasteiger partial charge in [0.1, 0.15) is 6.10 Å². The fourth-order valence-electron chi connectivity index (χ4n) is 1.55. The highest BCUT2D eigenvalue weighted by atomic mass is 79.9. The minimum absolute atomic E-state index is 0.0203. The van der Waals surface area contributed by atoms with Crippen LogP contribution in [0.3, 0.4) is 0 Å². The summed E-state index contributed by atoms with van der Waals surface area (Å²) in [6.07, 6.45) is 0.302. The van der Waals surface area contributed by atoms with Crippen molar-refractivity contribution < 1.29 is 14.6 Å². The first-order valence-corrected chi connectivity index (χ1v) is 5.70. The first-order valence-electron chi connectivity index (χ1n) is 4.91. The molecule has 82 valence electrons. The van der Waals surface area contributed by atoms with Crippen LogP contribution in [0.1, 0.15) is 5.56 Å². The van der Waals surface area contributed by atoms with Crippen LogP contribution >= 0.6 is 15.9 Å². The third-order valence-electron chi connectivity index (χ3n) is 2.36. The van der Waals surface area contributed by atoms with Crippen molar-refractivity contribution in [2.75, 3.05) is 13.2 Å². The molecule has 1 aliphatic heterocycles. The Balaban J connectivity index is 1.96. The van der Waals surface area contributed by atoms with Crippen LogP contribution < -0.4 is 0 Å². The Kier molecular flexibility index (Phi) is 3.75. The van der Waals surface area contributed by atoms with Crippen LogP contribution in [-0.4, -0.2) is 30.7 Å². The molecular formula is C11H13BrO3. The molecule has 0 radical (unpaired) electrons. The highest BCUT2D eigenvalue weighted by molar-refractivity contribution is 9.10. The van der Waals surface area contributed by atoms with E-state index in [1.807, 2.05) is 24.3 Å². The highest BCUT2D eigenvalue weighted by Crippen LogP contribution is 2.21. The third kappa shape index (κ3) is 2.78. The van der Waals surface area contributed by atoms with Gasteiger partial charge in [-0.15, -0.1) is 0 Å². The molecule has 0 bridgehead atoms. The molecule has 1 aliphatic rings. The summed E-state index contributed by atoms with van der Waals surface area (Å²) in [7, 11) is 0. The smallest absolute Gasteiger partial charge is 0.162 e. The van der Waals surface area contributed by atoms with Crippen molar-refractivity contribution >= 4 is 15.9 Å². The SMILES string of the molecule is OCC1COC(Cc2ccccc2Br)O1. The van der Waals surface area contributed by atoms with Gasteiger partial charge in [-0.05, 0) is 11.6 Å². The first kappa shape index (κ1) is 11.1. The summed E-state index contributed by atoms with van der Waals surface area (Å²) in [4.78, 5) is 0. The topological polar surface area (TPSA) is 38.7 Å². The summed E-state index contributed by atoms with van der Waals surface area (Å²) < 4.78 is 11.9. The molecule has 1 heterocycles. The van der Waals surface area contributed by atoms with Gasteiger partial charge in [0.05, 0.1) is 13.2 Å². The number of aliphatic hydroxyl groups is 1. The Labute approximate surface area is 97.1 Å². The molecule has 0 spiro atoms. The fourth-order valence-corrected chi connectivity index (χ4v) is 2.00. The Morgan fingerprint density at radius 2 is 2.20 bits per heavy atom. The van der Waals surface area contributed by atoms with E-state index in [0.717, 1.165) is 10.0 Å². The van der Waals surface area contributed by atoms with Crippen LogP contribution in [-0.2, 0) is 15.9 Å². The maximum atomic E-state index is 8.89. The number of hydrogen-bond acceptors (Lipinski definition) is 3. The quantitative estimate of drug-likeness (QED) is 0.911. The van der Waals surface area contributed by atoms with Crippen LogP contribution in [0, 0.1) is 0 Å². The molecule has 4 heteroatoms. The normalized spacial score (nSPS) is 25.7. The largest absolute Gasteiger partial charge is 0.394 e. The van der Waals surface area contributed by atoms with Crippen LogP contribution in [0.15, 0.2) is 28.7 Å². The van der Waals surface area contributed by atoms with E-state index in [0.29, 0.717) is 13.0 Å². The van der Waals surface area contributed by atoms with Crippen molar-refractivity contribution in [1.82, 2.24) is 0 Å². The lowest BCUT2D eigenvalue weighted by molar-refractivity contribution is -0.0633. The molecule has 2 rings (SSSR count).